The molecule has 0 saturated carbocycles. The second kappa shape index (κ2) is 5.24. The van der Waals surface area contributed by atoms with Crippen molar-refractivity contribution in [3.8, 4) is 0 Å². The van der Waals surface area contributed by atoms with Crippen molar-refractivity contribution in [3.63, 3.8) is 0 Å². The highest BCUT2D eigenvalue weighted by atomic mass is 32.2. The van der Waals surface area contributed by atoms with Gasteiger partial charge in [0, 0.05) is 23.4 Å². The predicted octanol–water partition coefficient (Wildman–Crippen LogP) is 1.88. The zero-order valence-corrected chi connectivity index (χ0v) is 9.55. The zero-order chi connectivity index (χ0) is 12.3. The van der Waals surface area contributed by atoms with E-state index < -0.39 is 17.7 Å². The Balaban J connectivity index is 2.01. The number of hydrogen-bond donors (Lipinski definition) is 2. The SMILES string of the molecule is NC(CSc1ncn[nH]1)c1ccc(F)cc1F. The van der Waals surface area contributed by atoms with E-state index in [0.29, 0.717) is 16.5 Å². The van der Waals surface area contributed by atoms with E-state index in [1.54, 1.807) is 0 Å². The first-order chi connectivity index (χ1) is 8.16. The van der Waals surface area contributed by atoms with Crippen LogP contribution in [0.5, 0.6) is 0 Å². The minimum Gasteiger partial charge on any atom is -0.323 e. The van der Waals surface area contributed by atoms with Gasteiger partial charge < -0.3 is 5.73 Å². The van der Waals surface area contributed by atoms with Crippen molar-refractivity contribution in [2.75, 3.05) is 5.75 Å². The van der Waals surface area contributed by atoms with Gasteiger partial charge in [-0.1, -0.05) is 17.8 Å². The van der Waals surface area contributed by atoms with Crippen LogP contribution in [0, 0.1) is 11.6 Å². The van der Waals surface area contributed by atoms with E-state index in [0.717, 1.165) is 6.07 Å². The van der Waals surface area contributed by atoms with Crippen molar-refractivity contribution in [2.24, 2.45) is 5.73 Å². The fraction of sp³-hybridized carbons (Fsp3) is 0.200. The summed E-state index contributed by atoms with van der Waals surface area (Å²) in [4.78, 5) is 3.91. The van der Waals surface area contributed by atoms with Gasteiger partial charge >= 0.3 is 0 Å². The van der Waals surface area contributed by atoms with Crippen LogP contribution in [0.15, 0.2) is 29.7 Å². The van der Waals surface area contributed by atoms with Crippen LogP contribution in [-0.2, 0) is 0 Å². The summed E-state index contributed by atoms with van der Waals surface area (Å²) in [5.41, 5.74) is 6.11. The largest absolute Gasteiger partial charge is 0.323 e. The lowest BCUT2D eigenvalue weighted by molar-refractivity contribution is 0.563. The Morgan fingerprint density at radius 2 is 2.24 bits per heavy atom. The fourth-order valence-corrected chi connectivity index (χ4v) is 2.08. The maximum atomic E-state index is 13.4. The highest BCUT2D eigenvalue weighted by Crippen LogP contribution is 2.22. The van der Waals surface area contributed by atoms with E-state index in [1.807, 2.05) is 0 Å². The second-order valence-electron chi connectivity index (χ2n) is 3.37. The van der Waals surface area contributed by atoms with Crippen molar-refractivity contribution in [1.82, 2.24) is 15.2 Å². The third kappa shape index (κ3) is 3.01. The summed E-state index contributed by atoms with van der Waals surface area (Å²) >= 11 is 1.33. The van der Waals surface area contributed by atoms with Gasteiger partial charge in [-0.2, -0.15) is 5.10 Å². The number of thioether (sulfide) groups is 1. The van der Waals surface area contributed by atoms with Crippen LogP contribution in [0.2, 0.25) is 0 Å². The summed E-state index contributed by atoms with van der Waals surface area (Å²) in [6, 6.07) is 2.85. The van der Waals surface area contributed by atoms with Gasteiger partial charge in [0.1, 0.15) is 18.0 Å². The van der Waals surface area contributed by atoms with Gasteiger partial charge in [0.15, 0.2) is 5.16 Å². The molecule has 0 amide bonds. The number of aromatic nitrogens is 3. The number of nitrogens with one attached hydrogen (secondary N) is 1. The van der Waals surface area contributed by atoms with E-state index in [1.165, 1.54) is 30.2 Å². The standard InChI is InChI=1S/C10H10F2N4S/c11-6-1-2-7(8(12)3-6)9(13)4-17-10-14-5-15-16-10/h1-3,5,9H,4,13H2,(H,14,15,16). The lowest BCUT2D eigenvalue weighted by Crippen LogP contribution is -2.15. The maximum Gasteiger partial charge on any atom is 0.183 e. The molecule has 3 N–H and O–H groups in total. The number of halogens is 2. The number of aromatic amines is 1. The average molecular weight is 256 g/mol. The monoisotopic (exact) mass is 256 g/mol. The Kier molecular flexibility index (Phi) is 3.70. The molecule has 0 spiro atoms. The topological polar surface area (TPSA) is 67.6 Å². The molecule has 0 aliphatic rings. The molecule has 0 radical (unpaired) electrons. The Labute approximate surface area is 101 Å². The van der Waals surface area contributed by atoms with Gasteiger partial charge in [-0.05, 0) is 6.07 Å². The van der Waals surface area contributed by atoms with Crippen molar-refractivity contribution >= 4 is 11.8 Å². The molecule has 4 nitrogen and oxygen atoms in total. The highest BCUT2D eigenvalue weighted by Gasteiger charge is 2.13. The lowest BCUT2D eigenvalue weighted by atomic mass is 10.1. The van der Waals surface area contributed by atoms with Crippen molar-refractivity contribution in [2.45, 2.75) is 11.2 Å². The van der Waals surface area contributed by atoms with Crippen LogP contribution in [0.4, 0.5) is 8.78 Å². The van der Waals surface area contributed by atoms with Gasteiger partial charge in [-0.15, -0.1) is 0 Å². The van der Waals surface area contributed by atoms with E-state index in [9.17, 15) is 8.78 Å². The first kappa shape index (κ1) is 12.0. The van der Waals surface area contributed by atoms with Gasteiger partial charge in [-0.25, -0.2) is 13.8 Å². The molecule has 0 fully saturated rings. The van der Waals surface area contributed by atoms with E-state index in [4.69, 9.17) is 5.73 Å². The molecule has 7 heteroatoms. The van der Waals surface area contributed by atoms with E-state index in [2.05, 4.69) is 15.2 Å². The molecule has 1 heterocycles. The Morgan fingerprint density at radius 1 is 1.41 bits per heavy atom. The number of nitrogens with two attached hydrogens (primary N) is 1. The molecule has 2 aromatic rings. The number of rotatable bonds is 4. The summed E-state index contributed by atoms with van der Waals surface area (Å²) in [7, 11) is 0. The molecule has 0 saturated heterocycles. The summed E-state index contributed by atoms with van der Waals surface area (Å²) in [5, 5.41) is 6.95. The van der Waals surface area contributed by atoms with Crippen molar-refractivity contribution < 1.29 is 8.78 Å². The normalized spacial score (nSPS) is 12.6. The third-order valence-corrected chi connectivity index (χ3v) is 3.15. The molecule has 17 heavy (non-hydrogen) atoms. The molecular weight excluding hydrogens is 246 g/mol. The van der Waals surface area contributed by atoms with Gasteiger partial charge in [0.2, 0.25) is 0 Å². The quantitative estimate of drug-likeness (QED) is 0.819. The summed E-state index contributed by atoms with van der Waals surface area (Å²) < 4.78 is 26.1. The minimum atomic E-state index is -0.629. The van der Waals surface area contributed by atoms with Crippen LogP contribution < -0.4 is 5.73 Å². The van der Waals surface area contributed by atoms with Crippen molar-refractivity contribution in [1.29, 1.82) is 0 Å². The van der Waals surface area contributed by atoms with Crippen LogP contribution in [0.3, 0.4) is 0 Å². The molecule has 1 aromatic carbocycles. The molecule has 0 bridgehead atoms. The van der Waals surface area contributed by atoms with Crippen molar-refractivity contribution in [3.05, 3.63) is 41.7 Å². The van der Waals surface area contributed by atoms with Crippen LogP contribution >= 0.6 is 11.8 Å². The molecule has 1 aromatic heterocycles. The second-order valence-corrected chi connectivity index (χ2v) is 4.38. The maximum absolute atomic E-state index is 13.4. The number of H-pyrrole nitrogens is 1. The predicted molar refractivity (Wildman–Crippen MR) is 60.4 cm³/mol. The van der Waals surface area contributed by atoms with E-state index >= 15 is 0 Å². The van der Waals surface area contributed by atoms with Gasteiger partial charge in [0.25, 0.3) is 0 Å². The molecule has 1 atom stereocenters. The van der Waals surface area contributed by atoms with Gasteiger partial charge in [0.05, 0.1) is 0 Å². The minimum absolute atomic E-state index is 0.290. The molecular formula is C10H10F2N4S. The molecule has 2 rings (SSSR count). The Bertz CT molecular complexity index is 489. The van der Waals surface area contributed by atoms with Crippen LogP contribution in [-0.4, -0.2) is 20.9 Å². The summed E-state index contributed by atoms with van der Waals surface area (Å²) in [5.74, 6) is -0.811. The van der Waals surface area contributed by atoms with Gasteiger partial charge in [-0.3, -0.25) is 5.10 Å². The number of nitrogens with zero attached hydrogens (tertiary/aromatic N) is 2. The van der Waals surface area contributed by atoms with Crippen LogP contribution in [0.25, 0.3) is 0 Å². The average Bonchev–Trinajstić information content (AvgIpc) is 2.78. The molecule has 90 valence electrons. The molecule has 0 aliphatic carbocycles. The molecule has 1 unspecified atom stereocenters. The smallest absolute Gasteiger partial charge is 0.183 e. The molecule has 0 aliphatic heterocycles. The summed E-state index contributed by atoms with van der Waals surface area (Å²) in [6.07, 6.45) is 1.38. The third-order valence-electron chi connectivity index (χ3n) is 2.15. The number of hydrogen-bond acceptors (Lipinski definition) is 4. The first-order valence-corrected chi connectivity index (χ1v) is 5.84. The van der Waals surface area contributed by atoms with E-state index in [-0.39, 0.29) is 0 Å². The fourth-order valence-electron chi connectivity index (χ4n) is 1.32. The Morgan fingerprint density at radius 3 is 2.88 bits per heavy atom. The zero-order valence-electron chi connectivity index (χ0n) is 8.73. The highest BCUT2D eigenvalue weighted by molar-refractivity contribution is 7.99. The Hall–Kier alpha value is -1.47. The number of benzene rings is 1. The van der Waals surface area contributed by atoms with Crippen LogP contribution in [0.1, 0.15) is 11.6 Å². The summed E-state index contributed by atoms with van der Waals surface area (Å²) in [6.45, 7) is 0. The lowest BCUT2D eigenvalue weighted by Gasteiger charge is -2.11. The first-order valence-electron chi connectivity index (χ1n) is 4.85.